The molecule has 2 aromatic carbocycles. The standard InChI is InChI=1S/C23H23N3O4/c27-21(8-5-13-26-15-24-18-7-2-1-6-17(18)22(26)28)25-16-9-10-19-20(14-16)30-23(29-19)11-3-4-12-23/h1-2,6-7,9-10,14-15H,3-5,8,11-13H2,(H,25,27). The molecule has 7 nitrogen and oxygen atoms in total. The number of nitrogens with zero attached hydrogens (tertiary/aromatic N) is 2. The highest BCUT2D eigenvalue weighted by molar-refractivity contribution is 5.91. The molecule has 1 N–H and O–H groups in total. The third-order valence-electron chi connectivity index (χ3n) is 5.72. The number of benzene rings is 2. The third kappa shape index (κ3) is 3.51. The smallest absolute Gasteiger partial charge is 0.261 e. The molecule has 0 bridgehead atoms. The first-order chi connectivity index (χ1) is 14.6. The van der Waals surface area contributed by atoms with E-state index >= 15 is 0 Å². The maximum absolute atomic E-state index is 12.5. The molecule has 30 heavy (non-hydrogen) atoms. The lowest BCUT2D eigenvalue weighted by Crippen LogP contribution is -2.34. The Labute approximate surface area is 173 Å². The molecule has 1 aromatic heterocycles. The van der Waals surface area contributed by atoms with E-state index < -0.39 is 5.79 Å². The van der Waals surface area contributed by atoms with Gasteiger partial charge in [-0.15, -0.1) is 0 Å². The lowest BCUT2D eigenvalue weighted by molar-refractivity contribution is -0.116. The number of aryl methyl sites for hydroxylation is 1. The van der Waals surface area contributed by atoms with E-state index in [2.05, 4.69) is 10.3 Å². The number of carbonyl (C=O) groups excluding carboxylic acids is 1. The van der Waals surface area contributed by atoms with Crippen molar-refractivity contribution in [1.29, 1.82) is 0 Å². The summed E-state index contributed by atoms with van der Waals surface area (Å²) in [5, 5.41) is 3.49. The number of ether oxygens (including phenoxy) is 2. The van der Waals surface area contributed by atoms with Crippen LogP contribution in [0.4, 0.5) is 5.69 Å². The quantitative estimate of drug-likeness (QED) is 0.697. The van der Waals surface area contributed by atoms with Crippen molar-refractivity contribution in [1.82, 2.24) is 9.55 Å². The van der Waals surface area contributed by atoms with Gasteiger partial charge in [-0.05, 0) is 43.5 Å². The number of rotatable bonds is 5. The summed E-state index contributed by atoms with van der Waals surface area (Å²) in [4.78, 5) is 29.2. The minimum Gasteiger partial charge on any atom is -0.448 e. The van der Waals surface area contributed by atoms with Gasteiger partial charge in [0.1, 0.15) is 0 Å². The van der Waals surface area contributed by atoms with Crippen molar-refractivity contribution in [2.45, 2.75) is 50.9 Å². The fourth-order valence-electron chi connectivity index (χ4n) is 4.19. The fraction of sp³-hybridized carbons (Fsp3) is 0.348. The monoisotopic (exact) mass is 405 g/mol. The van der Waals surface area contributed by atoms with E-state index in [-0.39, 0.29) is 11.5 Å². The summed E-state index contributed by atoms with van der Waals surface area (Å²) in [5.41, 5.74) is 1.28. The van der Waals surface area contributed by atoms with Gasteiger partial charge in [-0.3, -0.25) is 14.2 Å². The molecular weight excluding hydrogens is 382 g/mol. The van der Waals surface area contributed by atoms with Crippen molar-refractivity contribution in [2.75, 3.05) is 5.32 Å². The molecule has 2 heterocycles. The maximum atomic E-state index is 12.5. The van der Waals surface area contributed by atoms with Crippen LogP contribution in [0, 0.1) is 0 Å². The van der Waals surface area contributed by atoms with Crippen LogP contribution < -0.4 is 20.3 Å². The molecule has 0 unspecified atom stereocenters. The lowest BCUT2D eigenvalue weighted by Gasteiger charge is -2.21. The molecule has 1 aliphatic carbocycles. The molecule has 0 saturated heterocycles. The van der Waals surface area contributed by atoms with Gasteiger partial charge < -0.3 is 14.8 Å². The molecular formula is C23H23N3O4. The van der Waals surface area contributed by atoms with Crippen LogP contribution >= 0.6 is 0 Å². The van der Waals surface area contributed by atoms with Crippen molar-refractivity contribution in [2.24, 2.45) is 0 Å². The van der Waals surface area contributed by atoms with Crippen LogP contribution in [-0.2, 0) is 11.3 Å². The summed E-state index contributed by atoms with van der Waals surface area (Å²) in [6.07, 6.45) is 6.38. The second-order valence-corrected chi connectivity index (χ2v) is 7.90. The van der Waals surface area contributed by atoms with Gasteiger partial charge in [-0.25, -0.2) is 4.98 Å². The van der Waals surface area contributed by atoms with E-state index in [1.165, 1.54) is 0 Å². The first-order valence-corrected chi connectivity index (χ1v) is 10.4. The molecule has 1 fully saturated rings. The van der Waals surface area contributed by atoms with Crippen LogP contribution in [-0.4, -0.2) is 21.2 Å². The van der Waals surface area contributed by atoms with Gasteiger partial charge in [0, 0.05) is 37.6 Å². The van der Waals surface area contributed by atoms with E-state index in [0.717, 1.165) is 31.4 Å². The average molecular weight is 405 g/mol. The van der Waals surface area contributed by atoms with Crippen LogP contribution in [0.2, 0.25) is 0 Å². The number of hydrogen-bond donors (Lipinski definition) is 1. The number of fused-ring (bicyclic) bond motifs is 2. The zero-order valence-corrected chi connectivity index (χ0v) is 16.6. The fourth-order valence-corrected chi connectivity index (χ4v) is 4.19. The first kappa shape index (κ1) is 18.7. The molecule has 7 heteroatoms. The zero-order valence-electron chi connectivity index (χ0n) is 16.6. The summed E-state index contributed by atoms with van der Waals surface area (Å²) < 4.78 is 13.6. The highest BCUT2D eigenvalue weighted by Crippen LogP contribution is 2.47. The van der Waals surface area contributed by atoms with Crippen LogP contribution in [0.25, 0.3) is 10.9 Å². The van der Waals surface area contributed by atoms with Crippen molar-refractivity contribution in [3.63, 3.8) is 0 Å². The van der Waals surface area contributed by atoms with E-state index in [9.17, 15) is 9.59 Å². The highest BCUT2D eigenvalue weighted by Gasteiger charge is 2.44. The van der Waals surface area contributed by atoms with Crippen molar-refractivity contribution >= 4 is 22.5 Å². The van der Waals surface area contributed by atoms with Gasteiger partial charge in [-0.2, -0.15) is 0 Å². The first-order valence-electron chi connectivity index (χ1n) is 10.4. The molecule has 154 valence electrons. The second kappa shape index (κ2) is 7.48. The Morgan fingerprint density at radius 3 is 2.77 bits per heavy atom. The molecule has 0 atom stereocenters. The topological polar surface area (TPSA) is 82.5 Å². The normalized spacial score (nSPS) is 16.3. The zero-order chi connectivity index (χ0) is 20.6. The van der Waals surface area contributed by atoms with Crippen LogP contribution in [0.15, 0.2) is 53.6 Å². The maximum Gasteiger partial charge on any atom is 0.261 e. The van der Waals surface area contributed by atoms with E-state index in [0.29, 0.717) is 41.7 Å². The molecule has 1 saturated carbocycles. The molecule has 1 spiro atoms. The van der Waals surface area contributed by atoms with Gasteiger partial charge in [0.05, 0.1) is 17.2 Å². The number of aromatic nitrogens is 2. The highest BCUT2D eigenvalue weighted by atomic mass is 16.7. The van der Waals surface area contributed by atoms with Gasteiger partial charge >= 0.3 is 0 Å². The second-order valence-electron chi connectivity index (χ2n) is 7.90. The molecule has 2 aliphatic rings. The number of amides is 1. The Morgan fingerprint density at radius 2 is 1.90 bits per heavy atom. The Hall–Kier alpha value is -3.35. The molecule has 3 aromatic rings. The summed E-state index contributed by atoms with van der Waals surface area (Å²) in [7, 11) is 0. The van der Waals surface area contributed by atoms with Gasteiger partial charge in [0.15, 0.2) is 11.5 Å². The Balaban J connectivity index is 1.18. The van der Waals surface area contributed by atoms with E-state index in [1.54, 1.807) is 17.0 Å². The predicted octanol–water partition coefficient (Wildman–Crippen LogP) is 3.86. The minimum atomic E-state index is -0.508. The van der Waals surface area contributed by atoms with Crippen LogP contribution in [0.1, 0.15) is 38.5 Å². The number of hydrogen-bond acceptors (Lipinski definition) is 5. The largest absolute Gasteiger partial charge is 0.448 e. The number of para-hydroxylation sites is 1. The number of carbonyl (C=O) groups is 1. The van der Waals surface area contributed by atoms with Gasteiger partial charge in [-0.1, -0.05) is 12.1 Å². The van der Waals surface area contributed by atoms with Crippen molar-refractivity contribution in [3.05, 3.63) is 59.1 Å². The Morgan fingerprint density at radius 1 is 1.10 bits per heavy atom. The predicted molar refractivity (Wildman–Crippen MR) is 113 cm³/mol. The minimum absolute atomic E-state index is 0.0855. The van der Waals surface area contributed by atoms with Gasteiger partial charge in [0.25, 0.3) is 11.3 Å². The molecule has 5 rings (SSSR count). The summed E-state index contributed by atoms with van der Waals surface area (Å²) in [5.74, 6) is 0.805. The third-order valence-corrected chi connectivity index (χ3v) is 5.72. The summed E-state index contributed by atoms with van der Waals surface area (Å²) >= 11 is 0. The number of anilines is 1. The van der Waals surface area contributed by atoms with Crippen LogP contribution in [0.5, 0.6) is 11.5 Å². The lowest BCUT2D eigenvalue weighted by atomic mass is 10.2. The average Bonchev–Trinajstić information content (AvgIpc) is 3.35. The van der Waals surface area contributed by atoms with Crippen LogP contribution in [0.3, 0.4) is 0 Å². The Bertz CT molecular complexity index is 1160. The number of nitrogens with one attached hydrogen (secondary N) is 1. The summed E-state index contributed by atoms with van der Waals surface area (Å²) in [6, 6.07) is 12.7. The molecule has 1 amide bonds. The Kier molecular flexibility index (Phi) is 4.65. The molecule has 0 radical (unpaired) electrons. The van der Waals surface area contributed by atoms with E-state index in [1.807, 2.05) is 36.4 Å². The van der Waals surface area contributed by atoms with Crippen molar-refractivity contribution < 1.29 is 14.3 Å². The summed E-state index contributed by atoms with van der Waals surface area (Å²) in [6.45, 7) is 0.438. The van der Waals surface area contributed by atoms with Gasteiger partial charge in [0.2, 0.25) is 5.91 Å². The van der Waals surface area contributed by atoms with E-state index in [4.69, 9.17) is 9.47 Å². The van der Waals surface area contributed by atoms with Crippen molar-refractivity contribution in [3.8, 4) is 11.5 Å². The SMILES string of the molecule is O=C(CCCn1cnc2ccccc2c1=O)Nc1ccc2c(c1)OC1(CCCC1)O2. The molecule has 1 aliphatic heterocycles.